The SMILES string of the molecule is Cc1ccc(S(=O)(=O)N(CC#CC(O)(c2ccccc2)c2ccccc2)C(c2ccccc2)c2ccccc2)cc1. The van der Waals surface area contributed by atoms with Crippen LogP contribution in [0.2, 0.25) is 0 Å². The quantitative estimate of drug-likeness (QED) is 0.216. The van der Waals surface area contributed by atoms with Crippen LogP contribution in [0.4, 0.5) is 0 Å². The van der Waals surface area contributed by atoms with Gasteiger partial charge in [-0.3, -0.25) is 0 Å². The summed E-state index contributed by atoms with van der Waals surface area (Å²) in [7, 11) is -4.01. The van der Waals surface area contributed by atoms with Gasteiger partial charge in [0, 0.05) is 11.1 Å². The molecule has 4 nitrogen and oxygen atoms in total. The van der Waals surface area contributed by atoms with E-state index in [9.17, 15) is 13.5 Å². The number of rotatable bonds is 8. The van der Waals surface area contributed by atoms with Crippen molar-refractivity contribution in [2.45, 2.75) is 23.5 Å². The van der Waals surface area contributed by atoms with Crippen molar-refractivity contribution >= 4 is 10.0 Å². The Morgan fingerprint density at radius 1 is 0.659 bits per heavy atom. The molecule has 0 fully saturated rings. The summed E-state index contributed by atoms with van der Waals surface area (Å²) < 4.78 is 30.1. The molecule has 5 rings (SSSR count). The summed E-state index contributed by atoms with van der Waals surface area (Å²) in [4.78, 5) is 0.183. The third-order valence-electron chi connectivity index (χ3n) is 7.03. The topological polar surface area (TPSA) is 57.6 Å². The summed E-state index contributed by atoms with van der Waals surface area (Å²) in [6.07, 6.45) is 0. The Kier molecular flexibility index (Phi) is 8.47. The lowest BCUT2D eigenvalue weighted by molar-refractivity contribution is 0.145. The second-order valence-electron chi connectivity index (χ2n) is 9.83. The van der Waals surface area contributed by atoms with Crippen LogP contribution in [0.25, 0.3) is 0 Å². The smallest absolute Gasteiger partial charge is 0.244 e. The Labute approximate surface area is 242 Å². The van der Waals surface area contributed by atoms with Crippen LogP contribution >= 0.6 is 0 Å². The number of aryl methyl sites for hydroxylation is 1. The fraction of sp³-hybridized carbons (Fsp3) is 0.111. The molecule has 0 radical (unpaired) electrons. The van der Waals surface area contributed by atoms with E-state index >= 15 is 0 Å². The number of hydrogen-bond acceptors (Lipinski definition) is 3. The first-order valence-corrected chi connectivity index (χ1v) is 14.9. The van der Waals surface area contributed by atoms with Crippen LogP contribution in [-0.4, -0.2) is 24.4 Å². The summed E-state index contributed by atoms with van der Waals surface area (Å²) in [6, 6.07) is 43.7. The lowest BCUT2D eigenvalue weighted by Crippen LogP contribution is -2.36. The fourth-order valence-corrected chi connectivity index (χ4v) is 6.38. The van der Waals surface area contributed by atoms with Crippen LogP contribution in [-0.2, 0) is 15.6 Å². The van der Waals surface area contributed by atoms with E-state index < -0.39 is 21.7 Å². The maximum atomic E-state index is 14.3. The molecule has 0 unspecified atom stereocenters. The highest BCUT2D eigenvalue weighted by Gasteiger charge is 2.34. The Morgan fingerprint density at radius 2 is 1.07 bits per heavy atom. The number of aliphatic hydroxyl groups is 1. The lowest BCUT2D eigenvalue weighted by atomic mass is 9.87. The Hall–Kier alpha value is -4.47. The molecule has 0 heterocycles. The largest absolute Gasteiger partial charge is 0.369 e. The zero-order valence-electron chi connectivity index (χ0n) is 22.8. The zero-order chi connectivity index (χ0) is 28.7. The summed E-state index contributed by atoms with van der Waals surface area (Å²) in [6.45, 7) is 1.77. The van der Waals surface area contributed by atoms with Crippen molar-refractivity contribution in [1.29, 1.82) is 0 Å². The molecule has 0 saturated carbocycles. The fourth-order valence-electron chi connectivity index (χ4n) is 4.87. The van der Waals surface area contributed by atoms with Gasteiger partial charge in [0.05, 0.1) is 17.5 Å². The first kappa shape index (κ1) is 28.1. The van der Waals surface area contributed by atoms with Gasteiger partial charge in [0.2, 0.25) is 10.0 Å². The maximum absolute atomic E-state index is 14.3. The van der Waals surface area contributed by atoms with E-state index in [2.05, 4.69) is 11.8 Å². The van der Waals surface area contributed by atoms with Crippen molar-refractivity contribution in [3.63, 3.8) is 0 Å². The van der Waals surface area contributed by atoms with Crippen molar-refractivity contribution in [2.75, 3.05) is 6.54 Å². The lowest BCUT2D eigenvalue weighted by Gasteiger charge is -2.31. The van der Waals surface area contributed by atoms with Crippen LogP contribution < -0.4 is 0 Å². The van der Waals surface area contributed by atoms with Crippen LogP contribution in [0.5, 0.6) is 0 Å². The molecular weight excluding hydrogens is 526 g/mol. The van der Waals surface area contributed by atoms with Crippen molar-refractivity contribution in [1.82, 2.24) is 4.31 Å². The number of sulfonamides is 1. The van der Waals surface area contributed by atoms with E-state index in [1.165, 1.54) is 4.31 Å². The van der Waals surface area contributed by atoms with Gasteiger partial charge in [0.25, 0.3) is 0 Å². The maximum Gasteiger partial charge on any atom is 0.244 e. The highest BCUT2D eigenvalue weighted by atomic mass is 32.2. The molecular formula is C36H31NO3S. The first-order chi connectivity index (χ1) is 19.9. The van der Waals surface area contributed by atoms with Gasteiger partial charge in [-0.1, -0.05) is 151 Å². The summed E-state index contributed by atoms with van der Waals surface area (Å²) >= 11 is 0. The molecule has 204 valence electrons. The van der Waals surface area contributed by atoms with E-state index in [1.807, 2.05) is 128 Å². The minimum absolute atomic E-state index is 0.146. The summed E-state index contributed by atoms with van der Waals surface area (Å²) in [5.74, 6) is 6.13. The Bertz CT molecular complexity index is 1650. The third-order valence-corrected chi connectivity index (χ3v) is 8.86. The molecule has 0 aliphatic carbocycles. The molecule has 1 N–H and O–H groups in total. The molecule has 0 aromatic heterocycles. The molecule has 5 aromatic carbocycles. The second kappa shape index (κ2) is 12.4. The van der Waals surface area contributed by atoms with Gasteiger partial charge < -0.3 is 5.11 Å². The van der Waals surface area contributed by atoms with Gasteiger partial charge >= 0.3 is 0 Å². The van der Waals surface area contributed by atoms with Crippen LogP contribution in [0.15, 0.2) is 150 Å². The minimum atomic E-state index is -4.01. The molecule has 0 aliphatic rings. The summed E-state index contributed by atoms with van der Waals surface area (Å²) in [5.41, 5.74) is 2.18. The van der Waals surface area contributed by atoms with Crippen molar-refractivity contribution in [3.8, 4) is 11.8 Å². The highest BCUT2D eigenvalue weighted by Crippen LogP contribution is 2.34. The average molecular weight is 558 g/mol. The minimum Gasteiger partial charge on any atom is -0.369 e. The Morgan fingerprint density at radius 3 is 1.51 bits per heavy atom. The first-order valence-electron chi connectivity index (χ1n) is 13.4. The Balaban J connectivity index is 1.66. The van der Waals surface area contributed by atoms with Crippen molar-refractivity contribution in [2.24, 2.45) is 0 Å². The molecule has 0 atom stereocenters. The molecule has 5 heteroatoms. The van der Waals surface area contributed by atoms with Gasteiger partial charge in [-0.25, -0.2) is 8.42 Å². The van der Waals surface area contributed by atoms with Gasteiger partial charge in [0.15, 0.2) is 5.60 Å². The highest BCUT2D eigenvalue weighted by molar-refractivity contribution is 7.89. The van der Waals surface area contributed by atoms with E-state index in [4.69, 9.17) is 0 Å². The molecule has 0 amide bonds. The van der Waals surface area contributed by atoms with E-state index in [0.717, 1.165) is 16.7 Å². The van der Waals surface area contributed by atoms with Crippen LogP contribution in [0.1, 0.15) is 33.9 Å². The number of benzene rings is 5. The predicted octanol–water partition coefficient (Wildman–Crippen LogP) is 6.71. The molecule has 0 saturated heterocycles. The predicted molar refractivity (Wildman–Crippen MR) is 163 cm³/mol. The van der Waals surface area contributed by atoms with E-state index in [1.54, 1.807) is 24.3 Å². The van der Waals surface area contributed by atoms with Crippen LogP contribution in [0.3, 0.4) is 0 Å². The van der Waals surface area contributed by atoms with Gasteiger partial charge in [-0.15, -0.1) is 0 Å². The number of nitrogens with zero attached hydrogens (tertiary/aromatic N) is 1. The number of hydrogen-bond donors (Lipinski definition) is 1. The summed E-state index contributed by atoms with van der Waals surface area (Å²) in [5, 5.41) is 11.9. The third kappa shape index (κ3) is 6.16. The van der Waals surface area contributed by atoms with Crippen molar-refractivity contribution in [3.05, 3.63) is 173 Å². The normalized spacial score (nSPS) is 11.7. The monoisotopic (exact) mass is 557 g/mol. The van der Waals surface area contributed by atoms with Crippen molar-refractivity contribution < 1.29 is 13.5 Å². The molecule has 0 bridgehead atoms. The molecule has 41 heavy (non-hydrogen) atoms. The average Bonchev–Trinajstić information content (AvgIpc) is 3.02. The van der Waals surface area contributed by atoms with Gasteiger partial charge in [-0.05, 0) is 30.2 Å². The molecule has 5 aromatic rings. The van der Waals surface area contributed by atoms with E-state index in [0.29, 0.717) is 11.1 Å². The van der Waals surface area contributed by atoms with Crippen LogP contribution in [0, 0.1) is 18.8 Å². The van der Waals surface area contributed by atoms with E-state index in [-0.39, 0.29) is 11.4 Å². The second-order valence-corrected chi connectivity index (χ2v) is 11.7. The molecule has 0 spiro atoms. The van der Waals surface area contributed by atoms with Gasteiger partial charge in [-0.2, -0.15) is 4.31 Å². The van der Waals surface area contributed by atoms with Gasteiger partial charge in [0.1, 0.15) is 0 Å². The standard InChI is InChI=1S/C36H31NO3S/c1-29-23-25-34(26-24-29)41(39,40)37(35(30-15-6-2-7-16-30)31-17-8-3-9-18-31)28-14-27-36(38,32-19-10-4-11-20-32)33-21-12-5-13-22-33/h2-13,15-26,35,38H,28H2,1H3. The molecule has 0 aliphatic heterocycles. The zero-order valence-corrected chi connectivity index (χ0v) is 23.6.